The second-order valence-corrected chi connectivity index (χ2v) is 4.67. The fraction of sp³-hybridized carbons (Fsp3) is 0.385. The molecule has 0 bridgehead atoms. The minimum Gasteiger partial charge on any atom is -0.393 e. The molecule has 1 aromatic carbocycles. The number of benzene rings is 1. The van der Waals surface area contributed by atoms with Gasteiger partial charge in [0.25, 0.3) is 0 Å². The molecule has 0 aliphatic rings. The van der Waals surface area contributed by atoms with Gasteiger partial charge < -0.3 is 9.63 Å². The maximum atomic E-state index is 9.18. The summed E-state index contributed by atoms with van der Waals surface area (Å²) in [6.45, 7) is 1.74. The first-order valence-corrected chi connectivity index (χ1v) is 6.26. The lowest BCUT2D eigenvalue weighted by Gasteiger charge is -1.99. The Kier molecular flexibility index (Phi) is 4.33. The highest BCUT2D eigenvalue weighted by Gasteiger charge is 2.09. The fourth-order valence-electron chi connectivity index (χ4n) is 1.61. The van der Waals surface area contributed by atoms with E-state index in [0.29, 0.717) is 36.0 Å². The molecule has 2 aromatic rings. The van der Waals surface area contributed by atoms with Crippen LogP contribution in [0.15, 0.2) is 28.8 Å². The molecule has 0 radical (unpaired) electrons. The summed E-state index contributed by atoms with van der Waals surface area (Å²) in [6, 6.07) is 7.59. The number of hydrogen-bond donors (Lipinski definition) is 1. The van der Waals surface area contributed by atoms with Gasteiger partial charge >= 0.3 is 0 Å². The van der Waals surface area contributed by atoms with Crippen LogP contribution in [0.4, 0.5) is 0 Å². The molecule has 5 heteroatoms. The molecule has 2 rings (SSSR count). The second-order valence-electron chi connectivity index (χ2n) is 4.26. The van der Waals surface area contributed by atoms with Crippen LogP contribution in [0, 0.1) is 0 Å². The standard InChI is InChI=1S/C13H15ClN2O2/c1-9(17)6-7-13-15-12(16-18-13)8-10-4-2-3-5-11(10)14/h2-5,9,17H,6-8H2,1H3. The van der Waals surface area contributed by atoms with Gasteiger partial charge in [-0.1, -0.05) is 35.0 Å². The molecule has 4 nitrogen and oxygen atoms in total. The number of aliphatic hydroxyl groups is 1. The van der Waals surface area contributed by atoms with Gasteiger partial charge in [0.05, 0.1) is 6.10 Å². The van der Waals surface area contributed by atoms with Gasteiger partial charge in [-0.25, -0.2) is 0 Å². The topological polar surface area (TPSA) is 59.2 Å². The Morgan fingerprint density at radius 3 is 2.89 bits per heavy atom. The summed E-state index contributed by atoms with van der Waals surface area (Å²) in [7, 11) is 0. The predicted molar refractivity (Wildman–Crippen MR) is 68.6 cm³/mol. The van der Waals surface area contributed by atoms with Crippen molar-refractivity contribution in [1.82, 2.24) is 10.1 Å². The van der Waals surface area contributed by atoms with Crippen LogP contribution in [0.2, 0.25) is 5.02 Å². The maximum Gasteiger partial charge on any atom is 0.226 e. The van der Waals surface area contributed by atoms with Crippen molar-refractivity contribution >= 4 is 11.6 Å². The van der Waals surface area contributed by atoms with Gasteiger partial charge in [-0.15, -0.1) is 0 Å². The molecule has 96 valence electrons. The van der Waals surface area contributed by atoms with Gasteiger partial charge in [-0.3, -0.25) is 0 Å². The van der Waals surface area contributed by atoms with E-state index in [4.69, 9.17) is 16.1 Å². The fourth-order valence-corrected chi connectivity index (χ4v) is 1.81. The molecule has 18 heavy (non-hydrogen) atoms. The third-order valence-electron chi connectivity index (χ3n) is 2.59. The largest absolute Gasteiger partial charge is 0.393 e. The Balaban J connectivity index is 2.00. The van der Waals surface area contributed by atoms with E-state index in [-0.39, 0.29) is 6.10 Å². The monoisotopic (exact) mass is 266 g/mol. The van der Waals surface area contributed by atoms with Crippen LogP contribution in [-0.2, 0) is 12.8 Å². The van der Waals surface area contributed by atoms with Gasteiger partial charge in [-0.05, 0) is 25.0 Å². The first-order valence-electron chi connectivity index (χ1n) is 5.88. The molecule has 0 fully saturated rings. The predicted octanol–water partition coefficient (Wildman–Crippen LogP) is 2.63. The van der Waals surface area contributed by atoms with E-state index in [1.807, 2.05) is 24.3 Å². The average Bonchev–Trinajstić information content (AvgIpc) is 2.77. The van der Waals surface area contributed by atoms with E-state index in [2.05, 4.69) is 10.1 Å². The lowest BCUT2D eigenvalue weighted by Crippen LogP contribution is -2.01. The highest BCUT2D eigenvalue weighted by molar-refractivity contribution is 6.31. The zero-order chi connectivity index (χ0) is 13.0. The van der Waals surface area contributed by atoms with E-state index in [9.17, 15) is 5.11 Å². The molecule has 0 amide bonds. The number of aromatic nitrogens is 2. The molecule has 1 heterocycles. The lowest BCUT2D eigenvalue weighted by molar-refractivity contribution is 0.180. The van der Waals surface area contributed by atoms with Crippen molar-refractivity contribution in [2.45, 2.75) is 32.3 Å². The van der Waals surface area contributed by atoms with Crippen LogP contribution in [0.3, 0.4) is 0 Å². The van der Waals surface area contributed by atoms with Crippen molar-refractivity contribution in [3.63, 3.8) is 0 Å². The summed E-state index contributed by atoms with van der Waals surface area (Å²) < 4.78 is 5.11. The van der Waals surface area contributed by atoms with Crippen LogP contribution < -0.4 is 0 Å². The molecule has 0 spiro atoms. The smallest absolute Gasteiger partial charge is 0.226 e. The molecule has 0 saturated carbocycles. The van der Waals surface area contributed by atoms with Crippen molar-refractivity contribution in [2.75, 3.05) is 0 Å². The van der Waals surface area contributed by atoms with Crippen LogP contribution in [-0.4, -0.2) is 21.4 Å². The normalized spacial score (nSPS) is 12.6. The van der Waals surface area contributed by atoms with Crippen LogP contribution in [0.5, 0.6) is 0 Å². The summed E-state index contributed by atoms with van der Waals surface area (Å²) in [5.74, 6) is 1.17. The molecule has 0 saturated heterocycles. The van der Waals surface area contributed by atoms with E-state index < -0.39 is 0 Å². The van der Waals surface area contributed by atoms with Crippen LogP contribution in [0.25, 0.3) is 0 Å². The molecule has 1 atom stereocenters. The molecule has 0 aliphatic heterocycles. The summed E-state index contributed by atoms with van der Waals surface area (Å²) in [4.78, 5) is 4.27. The Bertz CT molecular complexity index is 511. The quantitative estimate of drug-likeness (QED) is 0.904. The molecular formula is C13H15ClN2O2. The van der Waals surface area contributed by atoms with Gasteiger partial charge in [0.1, 0.15) is 0 Å². The third kappa shape index (κ3) is 3.55. The van der Waals surface area contributed by atoms with Crippen LogP contribution >= 0.6 is 11.6 Å². The van der Waals surface area contributed by atoms with Gasteiger partial charge in [-0.2, -0.15) is 4.98 Å². The molecule has 1 N–H and O–H groups in total. The van der Waals surface area contributed by atoms with Gasteiger partial charge in [0.2, 0.25) is 5.89 Å². The number of aryl methyl sites for hydroxylation is 1. The zero-order valence-corrected chi connectivity index (χ0v) is 10.9. The number of rotatable bonds is 5. The lowest BCUT2D eigenvalue weighted by atomic mass is 10.1. The van der Waals surface area contributed by atoms with E-state index in [0.717, 1.165) is 5.56 Å². The van der Waals surface area contributed by atoms with Crippen molar-refractivity contribution in [3.8, 4) is 0 Å². The Labute approximate surface area is 111 Å². The maximum absolute atomic E-state index is 9.18. The molecular weight excluding hydrogens is 252 g/mol. The van der Waals surface area contributed by atoms with Gasteiger partial charge in [0.15, 0.2) is 5.82 Å². The summed E-state index contributed by atoms with van der Waals surface area (Å²) in [6.07, 6.45) is 1.41. The van der Waals surface area contributed by atoms with Crippen molar-refractivity contribution in [3.05, 3.63) is 46.6 Å². The minimum atomic E-state index is -0.357. The number of halogens is 1. The Morgan fingerprint density at radius 1 is 1.39 bits per heavy atom. The highest BCUT2D eigenvalue weighted by atomic mass is 35.5. The number of aliphatic hydroxyl groups excluding tert-OH is 1. The Hall–Kier alpha value is -1.39. The molecule has 0 aliphatic carbocycles. The van der Waals surface area contributed by atoms with E-state index in [1.165, 1.54) is 0 Å². The van der Waals surface area contributed by atoms with Crippen LogP contribution in [0.1, 0.15) is 30.6 Å². The first-order chi connectivity index (χ1) is 8.65. The third-order valence-corrected chi connectivity index (χ3v) is 2.96. The number of hydrogen-bond acceptors (Lipinski definition) is 4. The zero-order valence-electron chi connectivity index (χ0n) is 10.1. The molecule has 1 aromatic heterocycles. The molecule has 1 unspecified atom stereocenters. The van der Waals surface area contributed by atoms with Crippen molar-refractivity contribution in [2.24, 2.45) is 0 Å². The Morgan fingerprint density at radius 2 is 2.17 bits per heavy atom. The summed E-state index contributed by atoms with van der Waals surface area (Å²) in [5.41, 5.74) is 0.974. The van der Waals surface area contributed by atoms with Crippen molar-refractivity contribution in [1.29, 1.82) is 0 Å². The van der Waals surface area contributed by atoms with E-state index in [1.54, 1.807) is 6.92 Å². The summed E-state index contributed by atoms with van der Waals surface area (Å²) >= 11 is 6.06. The highest BCUT2D eigenvalue weighted by Crippen LogP contribution is 2.17. The van der Waals surface area contributed by atoms with E-state index >= 15 is 0 Å². The summed E-state index contributed by atoms with van der Waals surface area (Å²) in [5, 5.41) is 13.8. The SMILES string of the molecule is CC(O)CCc1nc(Cc2ccccc2Cl)no1. The average molecular weight is 267 g/mol. The first kappa shape index (κ1) is 13.1. The van der Waals surface area contributed by atoms with Gasteiger partial charge in [0, 0.05) is 17.9 Å². The minimum absolute atomic E-state index is 0.357. The van der Waals surface area contributed by atoms with Crippen molar-refractivity contribution < 1.29 is 9.63 Å². The number of nitrogens with zero attached hydrogens (tertiary/aromatic N) is 2. The second kappa shape index (κ2) is 5.98.